The van der Waals surface area contributed by atoms with Crippen LogP contribution in [0, 0.1) is 18.8 Å². The van der Waals surface area contributed by atoms with Crippen LogP contribution in [0.2, 0.25) is 0 Å². The molecule has 0 spiro atoms. The van der Waals surface area contributed by atoms with Gasteiger partial charge in [-0.15, -0.1) is 0 Å². The minimum atomic E-state index is -0.249. The second kappa shape index (κ2) is 10.9. The van der Waals surface area contributed by atoms with Gasteiger partial charge in [0.05, 0.1) is 6.20 Å². The summed E-state index contributed by atoms with van der Waals surface area (Å²) in [5, 5.41) is 13.5. The van der Waals surface area contributed by atoms with Crippen LogP contribution in [0.1, 0.15) is 39.2 Å². The zero-order valence-corrected chi connectivity index (χ0v) is 21.2. The summed E-state index contributed by atoms with van der Waals surface area (Å²) in [6.07, 6.45) is 4.79. The molecule has 0 atom stereocenters. The number of carbonyl (C=O) groups is 1. The van der Waals surface area contributed by atoms with Crippen LogP contribution >= 0.6 is 0 Å². The summed E-state index contributed by atoms with van der Waals surface area (Å²) in [6, 6.07) is 16.6. The molecule has 2 aromatic carbocycles. The lowest BCUT2D eigenvalue weighted by Crippen LogP contribution is -2.28. The Kier molecular flexibility index (Phi) is 7.22. The third kappa shape index (κ3) is 5.83. The first-order chi connectivity index (χ1) is 18.0. The number of anilines is 1. The van der Waals surface area contributed by atoms with Crippen LogP contribution in [0.3, 0.4) is 0 Å². The quantitative estimate of drug-likeness (QED) is 0.418. The molecule has 4 aromatic rings. The minimum Gasteiger partial charge on any atom is -0.508 e. The van der Waals surface area contributed by atoms with Crippen LogP contribution < -0.4 is 5.32 Å². The molecule has 0 unspecified atom stereocenters. The number of carbonyl (C=O) groups excluding carboxylic acids is 1. The van der Waals surface area contributed by atoms with Gasteiger partial charge in [0.1, 0.15) is 17.1 Å². The summed E-state index contributed by atoms with van der Waals surface area (Å²) in [4.78, 5) is 22.1. The third-order valence-electron chi connectivity index (χ3n) is 6.79. The summed E-state index contributed by atoms with van der Waals surface area (Å²) >= 11 is 0. The number of amides is 1. The summed E-state index contributed by atoms with van der Waals surface area (Å²) < 4.78 is 1.93. The molecule has 3 heterocycles. The van der Waals surface area contributed by atoms with Gasteiger partial charge in [0, 0.05) is 54.3 Å². The van der Waals surface area contributed by atoms with Gasteiger partial charge in [-0.25, -0.2) is 4.98 Å². The Morgan fingerprint density at radius 2 is 1.95 bits per heavy atom. The number of rotatable bonds is 4. The van der Waals surface area contributed by atoms with E-state index in [1.165, 1.54) is 0 Å². The van der Waals surface area contributed by atoms with E-state index >= 15 is 0 Å². The molecule has 0 saturated carbocycles. The molecule has 1 aliphatic rings. The van der Waals surface area contributed by atoms with E-state index in [1.54, 1.807) is 24.4 Å². The number of aromatic nitrogens is 2. The molecule has 1 saturated heterocycles. The molecule has 0 radical (unpaired) electrons. The van der Waals surface area contributed by atoms with Crippen LogP contribution in [-0.2, 0) is 6.54 Å². The van der Waals surface area contributed by atoms with Gasteiger partial charge in [-0.2, -0.15) is 0 Å². The van der Waals surface area contributed by atoms with Crippen molar-refractivity contribution in [2.75, 3.05) is 38.5 Å². The molecular formula is C30H31N5O2. The van der Waals surface area contributed by atoms with Crippen LogP contribution in [0.5, 0.6) is 5.75 Å². The fourth-order valence-corrected chi connectivity index (χ4v) is 4.53. The third-order valence-corrected chi connectivity index (χ3v) is 6.79. The van der Waals surface area contributed by atoms with Crippen LogP contribution in [-0.4, -0.2) is 63.4 Å². The molecule has 0 bridgehead atoms. The standard InChI is InChI=1S/C30H31N5O2/c1-22-7-8-24(18-23(22)10-12-27-20-31-29-6-3-4-15-35(27)29)30(37)32-26-11-9-25(28(36)19-26)21-34-14-5-13-33(2)16-17-34/h3-4,6-9,11,15,18-20,36H,5,13-14,16-17,21H2,1-2H3,(H,32,37). The van der Waals surface area contributed by atoms with Gasteiger partial charge >= 0.3 is 0 Å². The van der Waals surface area contributed by atoms with E-state index < -0.39 is 0 Å². The Labute approximate surface area is 217 Å². The molecule has 37 heavy (non-hydrogen) atoms. The zero-order valence-electron chi connectivity index (χ0n) is 21.2. The van der Waals surface area contributed by atoms with Gasteiger partial charge in [-0.05, 0) is 75.3 Å². The maximum atomic E-state index is 13.0. The van der Waals surface area contributed by atoms with Crippen molar-refractivity contribution >= 4 is 17.2 Å². The van der Waals surface area contributed by atoms with Gasteiger partial charge in [-0.1, -0.05) is 24.1 Å². The monoisotopic (exact) mass is 493 g/mol. The number of nitrogens with zero attached hydrogens (tertiary/aromatic N) is 4. The van der Waals surface area contributed by atoms with E-state index in [0.29, 0.717) is 17.8 Å². The average Bonchev–Trinajstić information content (AvgIpc) is 3.19. The number of likely N-dealkylation sites (N-methyl/N-ethyl adjacent to an activating group) is 1. The number of hydrogen-bond donors (Lipinski definition) is 2. The van der Waals surface area contributed by atoms with Gasteiger partial charge in [0.25, 0.3) is 5.91 Å². The van der Waals surface area contributed by atoms with Crippen molar-refractivity contribution in [3.8, 4) is 17.6 Å². The summed E-state index contributed by atoms with van der Waals surface area (Å²) in [5.41, 5.74) is 5.31. The van der Waals surface area contributed by atoms with E-state index in [2.05, 4.69) is 39.0 Å². The van der Waals surface area contributed by atoms with Gasteiger partial charge < -0.3 is 15.3 Å². The number of aromatic hydroxyl groups is 1. The SMILES string of the molecule is Cc1ccc(C(=O)Nc2ccc(CN3CCCN(C)CC3)c(O)c2)cc1C#Cc1cnc2ccccn12. The molecular weight excluding hydrogens is 462 g/mol. The van der Waals surface area contributed by atoms with Gasteiger partial charge in [0.2, 0.25) is 0 Å². The molecule has 7 heteroatoms. The Balaban J connectivity index is 1.28. The van der Waals surface area contributed by atoms with E-state index in [4.69, 9.17) is 0 Å². The Bertz CT molecular complexity index is 1500. The number of benzene rings is 2. The van der Waals surface area contributed by atoms with Crippen molar-refractivity contribution in [1.82, 2.24) is 19.2 Å². The number of imidazole rings is 1. The van der Waals surface area contributed by atoms with E-state index in [0.717, 1.165) is 60.6 Å². The van der Waals surface area contributed by atoms with Crippen LogP contribution in [0.25, 0.3) is 5.65 Å². The first-order valence-electron chi connectivity index (χ1n) is 12.6. The van der Waals surface area contributed by atoms with Crippen molar-refractivity contribution in [1.29, 1.82) is 0 Å². The van der Waals surface area contributed by atoms with Crippen molar-refractivity contribution in [3.63, 3.8) is 0 Å². The summed E-state index contributed by atoms with van der Waals surface area (Å²) in [5.74, 6) is 6.31. The number of phenolic OH excluding ortho intramolecular Hbond substituents is 1. The predicted octanol–water partition coefficient (Wildman–Crippen LogP) is 4.14. The Morgan fingerprint density at radius 3 is 2.81 bits per heavy atom. The van der Waals surface area contributed by atoms with E-state index in [1.807, 2.05) is 53.9 Å². The highest BCUT2D eigenvalue weighted by Gasteiger charge is 2.15. The number of phenols is 1. The maximum absolute atomic E-state index is 13.0. The lowest BCUT2D eigenvalue weighted by atomic mass is 10.0. The molecule has 1 amide bonds. The normalized spacial score (nSPS) is 14.6. The molecule has 7 nitrogen and oxygen atoms in total. The van der Waals surface area contributed by atoms with Crippen LogP contribution in [0.4, 0.5) is 5.69 Å². The highest BCUT2D eigenvalue weighted by atomic mass is 16.3. The zero-order chi connectivity index (χ0) is 25.8. The number of pyridine rings is 1. The topological polar surface area (TPSA) is 73.1 Å². The molecule has 2 aromatic heterocycles. The van der Waals surface area contributed by atoms with Crippen molar-refractivity contribution in [2.45, 2.75) is 19.9 Å². The lowest BCUT2D eigenvalue weighted by molar-refractivity contribution is 0.102. The number of nitrogens with one attached hydrogen (secondary N) is 1. The number of aryl methyl sites for hydroxylation is 1. The average molecular weight is 494 g/mol. The van der Waals surface area contributed by atoms with Gasteiger partial charge in [-0.3, -0.25) is 14.1 Å². The van der Waals surface area contributed by atoms with E-state index in [-0.39, 0.29) is 11.7 Å². The number of fused-ring (bicyclic) bond motifs is 1. The smallest absolute Gasteiger partial charge is 0.255 e. The fourth-order valence-electron chi connectivity index (χ4n) is 4.53. The number of hydrogen-bond acceptors (Lipinski definition) is 5. The maximum Gasteiger partial charge on any atom is 0.255 e. The van der Waals surface area contributed by atoms with E-state index in [9.17, 15) is 9.90 Å². The summed E-state index contributed by atoms with van der Waals surface area (Å²) in [6.45, 7) is 6.78. The Morgan fingerprint density at radius 1 is 1.05 bits per heavy atom. The molecule has 5 rings (SSSR count). The fraction of sp³-hybridized carbons (Fsp3) is 0.267. The molecule has 1 fully saturated rings. The predicted molar refractivity (Wildman–Crippen MR) is 146 cm³/mol. The highest BCUT2D eigenvalue weighted by molar-refractivity contribution is 6.04. The molecule has 188 valence electrons. The molecule has 0 aliphatic carbocycles. The molecule has 2 N–H and O–H groups in total. The first-order valence-corrected chi connectivity index (χ1v) is 12.6. The minimum absolute atomic E-state index is 0.193. The largest absolute Gasteiger partial charge is 0.508 e. The first kappa shape index (κ1) is 24.6. The lowest BCUT2D eigenvalue weighted by Gasteiger charge is -2.21. The van der Waals surface area contributed by atoms with Gasteiger partial charge in [0.15, 0.2) is 0 Å². The van der Waals surface area contributed by atoms with Crippen molar-refractivity contribution < 1.29 is 9.90 Å². The van der Waals surface area contributed by atoms with Crippen LogP contribution in [0.15, 0.2) is 67.0 Å². The highest BCUT2D eigenvalue weighted by Crippen LogP contribution is 2.24. The Hall–Kier alpha value is -4.12. The summed E-state index contributed by atoms with van der Waals surface area (Å²) in [7, 11) is 2.14. The van der Waals surface area contributed by atoms with Crippen molar-refractivity contribution in [2.24, 2.45) is 0 Å². The van der Waals surface area contributed by atoms with Crippen molar-refractivity contribution in [3.05, 3.63) is 94.9 Å². The second-order valence-electron chi connectivity index (χ2n) is 9.58. The molecule has 1 aliphatic heterocycles. The second-order valence-corrected chi connectivity index (χ2v) is 9.58.